The van der Waals surface area contributed by atoms with Gasteiger partial charge in [-0.2, -0.15) is 0 Å². The Morgan fingerprint density at radius 1 is 0.815 bits per heavy atom. The van der Waals surface area contributed by atoms with Crippen LogP contribution in [0.5, 0.6) is 0 Å². The van der Waals surface area contributed by atoms with E-state index >= 15 is 0 Å². The maximum absolute atomic E-state index is 11.8. The van der Waals surface area contributed by atoms with E-state index in [1.54, 1.807) is 0 Å². The highest BCUT2D eigenvalue weighted by Gasteiger charge is 2.15. The summed E-state index contributed by atoms with van der Waals surface area (Å²) in [5.74, 6) is -3.14. The summed E-state index contributed by atoms with van der Waals surface area (Å²) in [7, 11) is 1.85. The summed E-state index contributed by atoms with van der Waals surface area (Å²) in [6, 6.07) is -0.741. The predicted molar refractivity (Wildman–Crippen MR) is 96.7 cm³/mol. The van der Waals surface area contributed by atoms with Crippen LogP contribution in [0, 0.1) is 0 Å². The lowest BCUT2D eigenvalue weighted by atomic mass is 10.2. The molecular formula is C16H29N5O6. The van der Waals surface area contributed by atoms with Crippen LogP contribution < -0.4 is 26.6 Å². The Balaban J connectivity index is 3.90. The number of carboxylic acids is 1. The molecule has 0 aliphatic carbocycles. The minimum atomic E-state index is -1.11. The first-order valence-corrected chi connectivity index (χ1v) is 8.73. The fourth-order valence-electron chi connectivity index (χ4n) is 1.88. The molecule has 0 saturated heterocycles. The van der Waals surface area contributed by atoms with Crippen molar-refractivity contribution in [3.05, 3.63) is 0 Å². The van der Waals surface area contributed by atoms with Gasteiger partial charge < -0.3 is 31.7 Å². The summed E-state index contributed by atoms with van der Waals surface area (Å²) >= 11 is 0. The normalized spacial score (nSPS) is 11.2. The molecule has 0 spiro atoms. The molecule has 0 radical (unpaired) electrons. The molecule has 0 aromatic carbocycles. The molecule has 0 aliphatic heterocycles. The molecule has 154 valence electrons. The van der Waals surface area contributed by atoms with E-state index in [0.717, 1.165) is 19.4 Å². The summed E-state index contributed by atoms with van der Waals surface area (Å²) in [4.78, 5) is 56.7. The van der Waals surface area contributed by atoms with Crippen molar-refractivity contribution in [2.75, 3.05) is 33.2 Å². The number of carbonyl (C=O) groups excluding carboxylic acids is 4. The quantitative estimate of drug-likeness (QED) is 0.182. The minimum Gasteiger partial charge on any atom is -0.481 e. The molecule has 4 amide bonds. The topological polar surface area (TPSA) is 166 Å². The van der Waals surface area contributed by atoms with Gasteiger partial charge in [0.1, 0.15) is 6.04 Å². The van der Waals surface area contributed by atoms with E-state index in [1.807, 2.05) is 7.05 Å². The minimum absolute atomic E-state index is 0.231. The summed E-state index contributed by atoms with van der Waals surface area (Å²) in [5.41, 5.74) is 0. The van der Waals surface area contributed by atoms with Gasteiger partial charge in [0.05, 0.1) is 19.5 Å². The monoisotopic (exact) mass is 387 g/mol. The predicted octanol–water partition coefficient (Wildman–Crippen LogP) is -2.30. The molecule has 11 nitrogen and oxygen atoms in total. The van der Waals surface area contributed by atoms with Crippen LogP contribution in [-0.2, 0) is 24.0 Å². The van der Waals surface area contributed by atoms with E-state index in [1.165, 1.54) is 6.92 Å². The summed E-state index contributed by atoms with van der Waals surface area (Å²) < 4.78 is 0. The van der Waals surface area contributed by atoms with Gasteiger partial charge in [0.15, 0.2) is 0 Å². The van der Waals surface area contributed by atoms with Gasteiger partial charge >= 0.3 is 5.97 Å². The summed E-state index contributed by atoms with van der Waals surface area (Å²) in [5, 5.41) is 21.1. The SMILES string of the molecule is CNCCCCNC(=O)C(C)NC(=O)CNC(=O)CNC(=O)CCC(=O)O. The van der Waals surface area contributed by atoms with Crippen molar-refractivity contribution in [3.8, 4) is 0 Å². The highest BCUT2D eigenvalue weighted by atomic mass is 16.4. The Bertz CT molecular complexity index is 525. The Labute approximate surface area is 158 Å². The van der Waals surface area contributed by atoms with Crippen molar-refractivity contribution in [1.29, 1.82) is 0 Å². The van der Waals surface area contributed by atoms with Crippen molar-refractivity contribution < 1.29 is 29.1 Å². The third-order valence-corrected chi connectivity index (χ3v) is 3.38. The van der Waals surface area contributed by atoms with E-state index in [0.29, 0.717) is 6.54 Å². The first kappa shape index (κ1) is 24.3. The van der Waals surface area contributed by atoms with E-state index < -0.39 is 29.7 Å². The average molecular weight is 387 g/mol. The summed E-state index contributed by atoms with van der Waals surface area (Å²) in [6.07, 6.45) is 1.19. The zero-order chi connectivity index (χ0) is 20.7. The molecule has 6 N–H and O–H groups in total. The van der Waals surface area contributed by atoms with E-state index in [4.69, 9.17) is 5.11 Å². The Kier molecular flexibility index (Phi) is 13.0. The Hall–Kier alpha value is -2.69. The van der Waals surface area contributed by atoms with Crippen LogP contribution >= 0.6 is 0 Å². The van der Waals surface area contributed by atoms with E-state index in [2.05, 4.69) is 26.6 Å². The molecule has 11 heteroatoms. The lowest BCUT2D eigenvalue weighted by Gasteiger charge is -2.14. The van der Waals surface area contributed by atoms with Crippen molar-refractivity contribution >= 4 is 29.6 Å². The fraction of sp³-hybridized carbons (Fsp3) is 0.688. The molecule has 0 fully saturated rings. The molecule has 1 atom stereocenters. The highest BCUT2D eigenvalue weighted by Crippen LogP contribution is 1.88. The van der Waals surface area contributed by atoms with Crippen LogP contribution in [0.25, 0.3) is 0 Å². The maximum atomic E-state index is 11.8. The Morgan fingerprint density at radius 3 is 2.04 bits per heavy atom. The van der Waals surface area contributed by atoms with Gasteiger partial charge in [-0.05, 0) is 33.4 Å². The number of carboxylic acid groups (broad SMARTS) is 1. The number of unbranched alkanes of at least 4 members (excludes halogenated alkanes) is 1. The molecule has 0 aromatic heterocycles. The molecular weight excluding hydrogens is 358 g/mol. The molecule has 0 rings (SSSR count). The zero-order valence-corrected chi connectivity index (χ0v) is 15.7. The maximum Gasteiger partial charge on any atom is 0.303 e. The van der Waals surface area contributed by atoms with Crippen LogP contribution in [-0.4, -0.2) is 74.0 Å². The second-order valence-electron chi connectivity index (χ2n) is 5.84. The van der Waals surface area contributed by atoms with E-state index in [-0.39, 0.29) is 31.8 Å². The number of amides is 4. The molecule has 0 aliphatic rings. The second-order valence-corrected chi connectivity index (χ2v) is 5.84. The fourth-order valence-corrected chi connectivity index (χ4v) is 1.88. The third kappa shape index (κ3) is 14.2. The largest absolute Gasteiger partial charge is 0.481 e. The van der Waals surface area contributed by atoms with Crippen LogP contribution in [0.4, 0.5) is 0 Å². The van der Waals surface area contributed by atoms with Gasteiger partial charge in [-0.15, -0.1) is 0 Å². The number of aliphatic carboxylic acids is 1. The number of carbonyl (C=O) groups is 5. The van der Waals surface area contributed by atoms with E-state index in [9.17, 15) is 24.0 Å². The molecule has 0 heterocycles. The first-order chi connectivity index (χ1) is 12.8. The molecule has 27 heavy (non-hydrogen) atoms. The van der Waals surface area contributed by atoms with Gasteiger partial charge in [-0.25, -0.2) is 0 Å². The average Bonchev–Trinajstić information content (AvgIpc) is 2.62. The highest BCUT2D eigenvalue weighted by molar-refractivity contribution is 5.91. The van der Waals surface area contributed by atoms with Crippen molar-refractivity contribution in [2.24, 2.45) is 0 Å². The van der Waals surface area contributed by atoms with Gasteiger partial charge in [-0.3, -0.25) is 24.0 Å². The molecule has 0 saturated carbocycles. The number of hydrogen-bond acceptors (Lipinski definition) is 6. The van der Waals surface area contributed by atoms with Gasteiger partial charge in [0.2, 0.25) is 23.6 Å². The lowest BCUT2D eigenvalue weighted by molar-refractivity contribution is -0.138. The van der Waals surface area contributed by atoms with Gasteiger partial charge in [0.25, 0.3) is 0 Å². The molecule has 1 unspecified atom stereocenters. The number of rotatable bonds is 14. The summed E-state index contributed by atoms with van der Waals surface area (Å²) in [6.45, 7) is 2.20. The van der Waals surface area contributed by atoms with Gasteiger partial charge in [-0.1, -0.05) is 0 Å². The van der Waals surface area contributed by atoms with Crippen LogP contribution in [0.2, 0.25) is 0 Å². The first-order valence-electron chi connectivity index (χ1n) is 8.73. The number of hydrogen-bond donors (Lipinski definition) is 6. The van der Waals surface area contributed by atoms with Crippen LogP contribution in [0.1, 0.15) is 32.6 Å². The smallest absolute Gasteiger partial charge is 0.303 e. The van der Waals surface area contributed by atoms with Gasteiger partial charge in [0, 0.05) is 13.0 Å². The molecule has 0 bridgehead atoms. The second kappa shape index (κ2) is 14.5. The van der Waals surface area contributed by atoms with Crippen LogP contribution in [0.3, 0.4) is 0 Å². The zero-order valence-electron chi connectivity index (χ0n) is 15.7. The standard InChI is InChI=1S/C16H29N5O6/c1-11(16(27)18-8-4-3-7-17-2)21-14(24)10-20-13(23)9-19-12(22)5-6-15(25)26/h11,17H,3-10H2,1-2H3,(H,18,27)(H,19,22)(H,20,23)(H,21,24)(H,25,26). The van der Waals surface area contributed by atoms with Crippen molar-refractivity contribution in [3.63, 3.8) is 0 Å². The lowest BCUT2D eigenvalue weighted by Crippen LogP contribution is -2.49. The van der Waals surface area contributed by atoms with Crippen molar-refractivity contribution in [2.45, 2.75) is 38.6 Å². The van der Waals surface area contributed by atoms with Crippen molar-refractivity contribution in [1.82, 2.24) is 26.6 Å². The third-order valence-electron chi connectivity index (χ3n) is 3.38. The number of nitrogens with one attached hydrogen (secondary N) is 5. The Morgan fingerprint density at radius 2 is 1.41 bits per heavy atom. The molecule has 0 aromatic rings. The van der Waals surface area contributed by atoms with Crippen LogP contribution in [0.15, 0.2) is 0 Å².